The number of hydrogen-bond acceptors (Lipinski definition) is 4. The third kappa shape index (κ3) is 3.25. The van der Waals surface area contributed by atoms with Crippen LogP contribution < -0.4 is 5.32 Å². The van der Waals surface area contributed by atoms with Gasteiger partial charge in [0, 0.05) is 23.8 Å². The quantitative estimate of drug-likeness (QED) is 0.872. The highest BCUT2D eigenvalue weighted by molar-refractivity contribution is 7.98. The van der Waals surface area contributed by atoms with Crippen molar-refractivity contribution in [3.05, 3.63) is 29.8 Å². The molecule has 114 valence electrons. The van der Waals surface area contributed by atoms with Gasteiger partial charge >= 0.3 is 0 Å². The molecule has 4 nitrogen and oxygen atoms in total. The summed E-state index contributed by atoms with van der Waals surface area (Å²) in [5.41, 5.74) is 0.763. The molecule has 1 heterocycles. The average molecular weight is 307 g/mol. The van der Waals surface area contributed by atoms with Crippen LogP contribution in [0, 0.1) is 0 Å². The molecule has 1 aliphatic heterocycles. The number of thioether (sulfide) groups is 1. The normalized spacial score (nSPS) is 21.6. The summed E-state index contributed by atoms with van der Waals surface area (Å²) < 4.78 is 11.4. The molecule has 2 fully saturated rings. The molecule has 1 aromatic carbocycles. The van der Waals surface area contributed by atoms with Crippen LogP contribution in [0.2, 0.25) is 0 Å². The molecule has 0 atom stereocenters. The first-order chi connectivity index (χ1) is 10.2. The average Bonchev–Trinajstić information content (AvgIpc) is 2.98. The smallest absolute Gasteiger partial charge is 0.252 e. The van der Waals surface area contributed by atoms with E-state index in [1.807, 2.05) is 30.5 Å². The summed E-state index contributed by atoms with van der Waals surface area (Å²) in [7, 11) is 0. The third-order valence-electron chi connectivity index (χ3n) is 4.25. The molecular weight excluding hydrogens is 286 g/mol. The second-order valence-corrected chi connectivity index (χ2v) is 6.40. The number of hydrogen-bond donors (Lipinski definition) is 1. The Balaban J connectivity index is 1.59. The summed E-state index contributed by atoms with van der Waals surface area (Å²) in [6, 6.07) is 7.95. The van der Waals surface area contributed by atoms with Gasteiger partial charge in [-0.05, 0) is 31.2 Å². The first-order valence-electron chi connectivity index (χ1n) is 7.44. The Morgan fingerprint density at radius 3 is 2.57 bits per heavy atom. The molecule has 2 aliphatic rings. The van der Waals surface area contributed by atoms with E-state index in [1.54, 1.807) is 11.8 Å². The first kappa shape index (κ1) is 14.9. The van der Waals surface area contributed by atoms with Crippen molar-refractivity contribution in [2.75, 3.05) is 19.5 Å². The molecule has 1 saturated carbocycles. The van der Waals surface area contributed by atoms with Gasteiger partial charge in [-0.15, -0.1) is 11.8 Å². The van der Waals surface area contributed by atoms with Crippen molar-refractivity contribution < 1.29 is 14.3 Å². The maximum Gasteiger partial charge on any atom is 0.252 e. The van der Waals surface area contributed by atoms with Crippen LogP contribution in [-0.4, -0.2) is 37.2 Å². The van der Waals surface area contributed by atoms with E-state index in [0.717, 1.165) is 36.1 Å². The predicted molar refractivity (Wildman–Crippen MR) is 82.6 cm³/mol. The van der Waals surface area contributed by atoms with Gasteiger partial charge in [-0.25, -0.2) is 0 Å². The van der Waals surface area contributed by atoms with Crippen LogP contribution in [0.25, 0.3) is 0 Å². The number of nitrogens with one attached hydrogen (secondary N) is 1. The van der Waals surface area contributed by atoms with Crippen molar-refractivity contribution in [2.24, 2.45) is 0 Å². The molecule has 1 aliphatic carbocycles. The Morgan fingerprint density at radius 2 is 1.90 bits per heavy atom. The number of benzene rings is 1. The van der Waals surface area contributed by atoms with E-state index in [1.165, 1.54) is 0 Å². The maximum atomic E-state index is 12.4. The first-order valence-corrected chi connectivity index (χ1v) is 8.67. The molecule has 1 spiro atoms. The monoisotopic (exact) mass is 307 g/mol. The number of carbonyl (C=O) groups is 1. The molecule has 0 unspecified atom stereocenters. The molecule has 0 aromatic heterocycles. The van der Waals surface area contributed by atoms with Crippen LogP contribution in [-0.2, 0) is 9.47 Å². The molecule has 0 radical (unpaired) electrons. The minimum absolute atomic E-state index is 0.0224. The highest BCUT2D eigenvalue weighted by Gasteiger charge is 2.40. The SMILES string of the molecule is CSc1ccccc1C(=O)NC1CCC2(CC1)OCCO2. The van der Waals surface area contributed by atoms with Crippen LogP contribution in [0.5, 0.6) is 0 Å². The molecule has 1 amide bonds. The third-order valence-corrected chi connectivity index (χ3v) is 5.04. The molecule has 21 heavy (non-hydrogen) atoms. The lowest BCUT2D eigenvalue weighted by atomic mass is 9.90. The predicted octanol–water partition coefficient (Wildman–Crippen LogP) is 2.82. The second kappa shape index (κ2) is 6.38. The van der Waals surface area contributed by atoms with Gasteiger partial charge in [-0.1, -0.05) is 12.1 Å². The van der Waals surface area contributed by atoms with E-state index in [2.05, 4.69) is 5.32 Å². The van der Waals surface area contributed by atoms with Gasteiger partial charge in [0.15, 0.2) is 5.79 Å². The van der Waals surface area contributed by atoms with Gasteiger partial charge in [-0.2, -0.15) is 0 Å². The fourth-order valence-corrected chi connectivity index (χ4v) is 3.68. The zero-order valence-electron chi connectivity index (χ0n) is 12.3. The lowest BCUT2D eigenvalue weighted by Crippen LogP contribution is -2.44. The van der Waals surface area contributed by atoms with Crippen molar-refractivity contribution in [3.8, 4) is 0 Å². The highest BCUT2D eigenvalue weighted by Crippen LogP contribution is 2.35. The molecule has 1 saturated heterocycles. The van der Waals surface area contributed by atoms with Crippen molar-refractivity contribution in [2.45, 2.75) is 42.4 Å². The topological polar surface area (TPSA) is 47.6 Å². The lowest BCUT2D eigenvalue weighted by molar-refractivity contribution is -0.179. The largest absolute Gasteiger partial charge is 0.349 e. The van der Waals surface area contributed by atoms with Crippen molar-refractivity contribution in [3.63, 3.8) is 0 Å². The Bertz CT molecular complexity index is 504. The van der Waals surface area contributed by atoms with Crippen LogP contribution >= 0.6 is 11.8 Å². The van der Waals surface area contributed by atoms with E-state index < -0.39 is 0 Å². The van der Waals surface area contributed by atoms with E-state index in [0.29, 0.717) is 13.2 Å². The van der Waals surface area contributed by atoms with Crippen molar-refractivity contribution in [1.29, 1.82) is 0 Å². The Morgan fingerprint density at radius 1 is 1.24 bits per heavy atom. The van der Waals surface area contributed by atoms with E-state index in [4.69, 9.17) is 9.47 Å². The second-order valence-electron chi connectivity index (χ2n) is 5.56. The molecule has 0 bridgehead atoms. The molecule has 1 aromatic rings. The number of amides is 1. The Kier molecular flexibility index (Phi) is 4.52. The van der Waals surface area contributed by atoms with Gasteiger partial charge in [0.2, 0.25) is 0 Å². The maximum absolute atomic E-state index is 12.4. The van der Waals surface area contributed by atoms with Gasteiger partial charge in [-0.3, -0.25) is 4.79 Å². The van der Waals surface area contributed by atoms with Gasteiger partial charge in [0.1, 0.15) is 0 Å². The highest BCUT2D eigenvalue weighted by atomic mass is 32.2. The summed E-state index contributed by atoms with van der Waals surface area (Å²) in [4.78, 5) is 13.4. The summed E-state index contributed by atoms with van der Waals surface area (Å²) in [6.45, 7) is 1.39. The zero-order chi connectivity index (χ0) is 14.7. The van der Waals surface area contributed by atoms with Gasteiger partial charge in [0.25, 0.3) is 5.91 Å². The van der Waals surface area contributed by atoms with Crippen LogP contribution in [0.4, 0.5) is 0 Å². The minimum Gasteiger partial charge on any atom is -0.349 e. The molecular formula is C16H21NO3S. The summed E-state index contributed by atoms with van der Waals surface area (Å²) in [6.07, 6.45) is 5.54. The summed E-state index contributed by atoms with van der Waals surface area (Å²) in [5.74, 6) is -0.340. The minimum atomic E-state index is -0.363. The Hall–Kier alpha value is -1.04. The zero-order valence-corrected chi connectivity index (χ0v) is 13.1. The molecule has 3 rings (SSSR count). The van der Waals surface area contributed by atoms with Crippen molar-refractivity contribution in [1.82, 2.24) is 5.32 Å². The fraction of sp³-hybridized carbons (Fsp3) is 0.562. The van der Waals surface area contributed by atoms with Crippen LogP contribution in [0.15, 0.2) is 29.2 Å². The lowest BCUT2D eigenvalue weighted by Gasteiger charge is -2.35. The van der Waals surface area contributed by atoms with Crippen LogP contribution in [0.3, 0.4) is 0 Å². The molecule has 1 N–H and O–H groups in total. The van der Waals surface area contributed by atoms with Crippen LogP contribution in [0.1, 0.15) is 36.0 Å². The van der Waals surface area contributed by atoms with Gasteiger partial charge < -0.3 is 14.8 Å². The van der Waals surface area contributed by atoms with E-state index in [9.17, 15) is 4.79 Å². The summed E-state index contributed by atoms with van der Waals surface area (Å²) >= 11 is 1.60. The fourth-order valence-electron chi connectivity index (χ4n) is 3.08. The number of carbonyl (C=O) groups excluding carboxylic acids is 1. The number of rotatable bonds is 3. The molecule has 5 heteroatoms. The Labute approximate surface area is 129 Å². The van der Waals surface area contributed by atoms with E-state index >= 15 is 0 Å². The van der Waals surface area contributed by atoms with Gasteiger partial charge in [0.05, 0.1) is 18.8 Å². The van der Waals surface area contributed by atoms with E-state index in [-0.39, 0.29) is 17.7 Å². The summed E-state index contributed by atoms with van der Waals surface area (Å²) in [5, 5.41) is 3.15. The van der Waals surface area contributed by atoms with Crippen molar-refractivity contribution >= 4 is 17.7 Å². The standard InChI is InChI=1S/C16H21NO3S/c1-21-14-5-3-2-4-13(14)15(18)17-12-6-8-16(9-7-12)19-10-11-20-16/h2-5,12H,6-11H2,1H3,(H,17,18). The number of ether oxygens (including phenoxy) is 2.